The molecule has 1 N–H and O–H groups in total. The van der Waals surface area contributed by atoms with E-state index >= 15 is 0 Å². The summed E-state index contributed by atoms with van der Waals surface area (Å²) >= 11 is 12.0. The van der Waals surface area contributed by atoms with E-state index in [0.29, 0.717) is 47.9 Å². The number of hydrogen-bond acceptors (Lipinski definition) is 5. The molecule has 7 nitrogen and oxygen atoms in total. The van der Waals surface area contributed by atoms with E-state index in [-0.39, 0.29) is 5.15 Å². The molecule has 1 fully saturated rings. The summed E-state index contributed by atoms with van der Waals surface area (Å²) in [7, 11) is 0. The maximum atomic E-state index is 10.9. The number of carbonyl (C=O) groups is 1. The fourth-order valence-corrected chi connectivity index (χ4v) is 2.63. The number of pyridine rings is 1. The second kappa shape index (κ2) is 5.50. The van der Waals surface area contributed by atoms with Gasteiger partial charge in [0.25, 0.3) is 0 Å². The highest BCUT2D eigenvalue weighted by atomic mass is 35.5. The number of hydrogen-bond donors (Lipinski definition) is 1. The molecule has 3 heterocycles. The highest BCUT2D eigenvalue weighted by Gasteiger charge is 2.23. The number of nitrogens with zero attached hydrogens (tertiary/aromatic N) is 5. The highest BCUT2D eigenvalue weighted by molar-refractivity contribution is 6.35. The molecular weight excluding hydrogens is 317 g/mol. The zero-order chi connectivity index (χ0) is 15.0. The highest BCUT2D eigenvalue weighted by Crippen LogP contribution is 2.29. The Hall–Kier alpha value is -1.86. The van der Waals surface area contributed by atoms with Crippen LogP contribution >= 0.6 is 23.2 Å². The van der Waals surface area contributed by atoms with Crippen molar-refractivity contribution in [2.24, 2.45) is 0 Å². The largest absolute Gasteiger partial charge is 0.465 e. The molecule has 1 saturated heterocycles. The number of rotatable bonds is 1. The van der Waals surface area contributed by atoms with Crippen LogP contribution in [0.3, 0.4) is 0 Å². The average Bonchev–Trinajstić information content (AvgIpc) is 2.48. The van der Waals surface area contributed by atoms with Crippen molar-refractivity contribution >= 4 is 46.0 Å². The van der Waals surface area contributed by atoms with E-state index in [9.17, 15) is 4.79 Å². The minimum absolute atomic E-state index is 0.243. The Labute approximate surface area is 130 Å². The standard InChI is InChI=1S/C12H11Cl2N5O2/c13-7-5-8-9(15-6-7)11(17-16-10(8)14)18-1-3-19(4-2-18)12(20)21/h5-6H,1-4H2,(H,20,21). The molecule has 21 heavy (non-hydrogen) atoms. The Balaban J connectivity index is 1.95. The van der Waals surface area contributed by atoms with Crippen LogP contribution in [0.25, 0.3) is 10.9 Å². The van der Waals surface area contributed by atoms with Gasteiger partial charge in [0.2, 0.25) is 0 Å². The fourth-order valence-electron chi connectivity index (χ4n) is 2.29. The smallest absolute Gasteiger partial charge is 0.407 e. The topological polar surface area (TPSA) is 82.5 Å². The van der Waals surface area contributed by atoms with Gasteiger partial charge < -0.3 is 14.9 Å². The van der Waals surface area contributed by atoms with E-state index in [1.54, 1.807) is 6.07 Å². The Bertz CT molecular complexity index is 703. The van der Waals surface area contributed by atoms with Crippen molar-refractivity contribution in [2.75, 3.05) is 31.1 Å². The number of piperazine rings is 1. The Morgan fingerprint density at radius 2 is 1.90 bits per heavy atom. The van der Waals surface area contributed by atoms with Gasteiger partial charge in [-0.05, 0) is 6.07 Å². The van der Waals surface area contributed by atoms with Gasteiger partial charge in [0.05, 0.1) is 5.02 Å². The first-order valence-corrected chi connectivity index (χ1v) is 7.02. The van der Waals surface area contributed by atoms with Crippen LogP contribution in [0.1, 0.15) is 0 Å². The predicted molar refractivity (Wildman–Crippen MR) is 79.2 cm³/mol. The molecule has 1 amide bonds. The lowest BCUT2D eigenvalue weighted by Gasteiger charge is -2.33. The second-order valence-corrected chi connectivity index (χ2v) is 5.42. The van der Waals surface area contributed by atoms with Crippen LogP contribution in [0.15, 0.2) is 12.3 Å². The van der Waals surface area contributed by atoms with Crippen molar-refractivity contribution in [3.05, 3.63) is 22.4 Å². The molecule has 110 valence electrons. The Kier molecular flexibility index (Phi) is 3.69. The van der Waals surface area contributed by atoms with Gasteiger partial charge in [-0.2, -0.15) is 0 Å². The number of halogens is 2. The predicted octanol–water partition coefficient (Wildman–Crippen LogP) is 2.13. The quantitative estimate of drug-likeness (QED) is 0.863. The molecule has 1 aliphatic heterocycles. The van der Waals surface area contributed by atoms with Crippen LogP contribution in [0, 0.1) is 0 Å². The minimum atomic E-state index is -0.911. The molecule has 0 aromatic carbocycles. The van der Waals surface area contributed by atoms with Crippen LogP contribution in [-0.4, -0.2) is 57.5 Å². The maximum absolute atomic E-state index is 10.9. The molecule has 0 aliphatic carbocycles. The third-order valence-electron chi connectivity index (χ3n) is 3.37. The number of carboxylic acid groups (broad SMARTS) is 1. The van der Waals surface area contributed by atoms with Gasteiger partial charge in [-0.25, -0.2) is 4.79 Å². The molecule has 1 aliphatic rings. The van der Waals surface area contributed by atoms with Gasteiger partial charge in [-0.1, -0.05) is 23.2 Å². The SMILES string of the molecule is O=C(O)N1CCN(c2nnc(Cl)c3cc(Cl)cnc23)CC1. The summed E-state index contributed by atoms with van der Waals surface area (Å²) in [6.07, 6.45) is 0.616. The zero-order valence-electron chi connectivity index (χ0n) is 10.8. The third-order valence-corrected chi connectivity index (χ3v) is 3.86. The Morgan fingerprint density at radius 3 is 2.57 bits per heavy atom. The molecule has 0 atom stereocenters. The third kappa shape index (κ3) is 2.66. The van der Waals surface area contributed by atoms with Crippen LogP contribution in [0.4, 0.5) is 10.6 Å². The number of amides is 1. The van der Waals surface area contributed by atoms with Gasteiger partial charge >= 0.3 is 6.09 Å². The zero-order valence-corrected chi connectivity index (χ0v) is 12.3. The number of aromatic nitrogens is 3. The van der Waals surface area contributed by atoms with Gasteiger partial charge in [-0.3, -0.25) is 4.98 Å². The minimum Gasteiger partial charge on any atom is -0.465 e. The lowest BCUT2D eigenvalue weighted by molar-refractivity contribution is 0.142. The van der Waals surface area contributed by atoms with Crippen molar-refractivity contribution in [2.45, 2.75) is 0 Å². The van der Waals surface area contributed by atoms with E-state index in [4.69, 9.17) is 28.3 Å². The van der Waals surface area contributed by atoms with Gasteiger partial charge in [-0.15, -0.1) is 10.2 Å². The van der Waals surface area contributed by atoms with E-state index in [2.05, 4.69) is 15.2 Å². The van der Waals surface area contributed by atoms with E-state index in [0.717, 1.165) is 0 Å². The van der Waals surface area contributed by atoms with Crippen LogP contribution in [0.5, 0.6) is 0 Å². The molecule has 0 unspecified atom stereocenters. The maximum Gasteiger partial charge on any atom is 0.407 e. The molecule has 3 rings (SSSR count). The Morgan fingerprint density at radius 1 is 1.19 bits per heavy atom. The van der Waals surface area contributed by atoms with Crippen molar-refractivity contribution in [3.63, 3.8) is 0 Å². The molecule has 0 radical (unpaired) electrons. The second-order valence-electron chi connectivity index (χ2n) is 4.62. The molecule has 0 bridgehead atoms. The first kappa shape index (κ1) is 14.1. The van der Waals surface area contributed by atoms with Crippen LogP contribution < -0.4 is 4.90 Å². The van der Waals surface area contributed by atoms with Crippen LogP contribution in [0.2, 0.25) is 10.2 Å². The number of fused-ring (bicyclic) bond motifs is 1. The lowest BCUT2D eigenvalue weighted by atomic mass is 10.2. The van der Waals surface area contributed by atoms with Crippen molar-refractivity contribution in [3.8, 4) is 0 Å². The van der Waals surface area contributed by atoms with E-state index in [1.165, 1.54) is 11.1 Å². The van der Waals surface area contributed by atoms with E-state index in [1.807, 2.05) is 4.90 Å². The van der Waals surface area contributed by atoms with Gasteiger partial charge in [0, 0.05) is 37.8 Å². The molecule has 0 spiro atoms. The molecule has 0 saturated carbocycles. The average molecular weight is 328 g/mol. The molecule has 2 aromatic rings. The number of anilines is 1. The summed E-state index contributed by atoms with van der Waals surface area (Å²) in [5, 5.41) is 18.3. The summed E-state index contributed by atoms with van der Waals surface area (Å²) in [5.74, 6) is 0.594. The first-order chi connectivity index (χ1) is 10.1. The fraction of sp³-hybridized carbons (Fsp3) is 0.333. The molecular formula is C12H11Cl2N5O2. The molecule has 9 heteroatoms. The monoisotopic (exact) mass is 327 g/mol. The van der Waals surface area contributed by atoms with Crippen molar-refractivity contribution < 1.29 is 9.90 Å². The first-order valence-electron chi connectivity index (χ1n) is 6.26. The van der Waals surface area contributed by atoms with Crippen molar-refractivity contribution in [1.82, 2.24) is 20.1 Å². The normalized spacial score (nSPS) is 15.5. The summed E-state index contributed by atoms with van der Waals surface area (Å²) in [5.41, 5.74) is 0.614. The van der Waals surface area contributed by atoms with E-state index < -0.39 is 6.09 Å². The van der Waals surface area contributed by atoms with Crippen molar-refractivity contribution in [1.29, 1.82) is 0 Å². The lowest BCUT2D eigenvalue weighted by Crippen LogP contribution is -2.48. The summed E-state index contributed by atoms with van der Waals surface area (Å²) in [6.45, 7) is 1.88. The van der Waals surface area contributed by atoms with Gasteiger partial charge in [0.15, 0.2) is 11.0 Å². The summed E-state index contributed by atoms with van der Waals surface area (Å²) in [6, 6.07) is 1.69. The van der Waals surface area contributed by atoms with Gasteiger partial charge in [0.1, 0.15) is 5.52 Å². The van der Waals surface area contributed by atoms with Crippen LogP contribution in [-0.2, 0) is 0 Å². The summed E-state index contributed by atoms with van der Waals surface area (Å²) < 4.78 is 0. The molecule has 2 aromatic heterocycles. The summed E-state index contributed by atoms with van der Waals surface area (Å²) in [4.78, 5) is 18.5.